The van der Waals surface area contributed by atoms with Gasteiger partial charge in [-0.3, -0.25) is 14.1 Å². The molecule has 0 atom stereocenters. The van der Waals surface area contributed by atoms with Crippen molar-refractivity contribution < 1.29 is 0 Å². The number of benzene rings is 5. The molecule has 0 aliphatic rings. The summed E-state index contributed by atoms with van der Waals surface area (Å²) < 4.78 is 3.46. The Morgan fingerprint density at radius 2 is 1.09 bits per heavy atom. The van der Waals surface area contributed by atoms with Crippen molar-refractivity contribution in [3.05, 3.63) is 150 Å². The van der Waals surface area contributed by atoms with E-state index in [9.17, 15) is 4.79 Å². The lowest BCUT2D eigenvalue weighted by molar-refractivity contribution is 0.848. The molecule has 0 aliphatic carbocycles. The molecule has 0 unspecified atom stereocenters. The van der Waals surface area contributed by atoms with Crippen LogP contribution in [0.25, 0.3) is 72.9 Å². The predicted molar refractivity (Wildman–Crippen MR) is 179 cm³/mol. The Balaban J connectivity index is 1.22. The summed E-state index contributed by atoms with van der Waals surface area (Å²) in [5.74, 6) is 1.85. The number of hydrogen-bond donors (Lipinski definition) is 0. The van der Waals surface area contributed by atoms with Crippen molar-refractivity contribution in [1.82, 2.24) is 29.1 Å². The van der Waals surface area contributed by atoms with Gasteiger partial charge in [0.2, 0.25) is 0 Å². The topological polar surface area (TPSA) is 78.5 Å². The lowest BCUT2D eigenvalue weighted by atomic mass is 10.0. The van der Waals surface area contributed by atoms with Crippen molar-refractivity contribution in [1.29, 1.82) is 0 Å². The van der Waals surface area contributed by atoms with Crippen molar-refractivity contribution in [2.24, 2.45) is 7.05 Å². The lowest BCUT2D eigenvalue weighted by Gasteiger charge is -2.10. The van der Waals surface area contributed by atoms with E-state index in [-0.39, 0.29) is 5.69 Å². The molecule has 0 saturated carbocycles. The molecule has 0 bridgehead atoms. The largest absolute Gasteiger partial charge is 0.333 e. The monoisotopic (exact) mass is 582 g/mol. The second-order valence-corrected chi connectivity index (χ2v) is 10.8. The molecule has 45 heavy (non-hydrogen) atoms. The van der Waals surface area contributed by atoms with Gasteiger partial charge in [0, 0.05) is 35.3 Å². The highest BCUT2D eigenvalue weighted by molar-refractivity contribution is 5.91. The van der Waals surface area contributed by atoms with Crippen molar-refractivity contribution in [2.75, 3.05) is 0 Å². The van der Waals surface area contributed by atoms with Gasteiger partial charge in [-0.15, -0.1) is 0 Å². The van der Waals surface area contributed by atoms with Gasteiger partial charge in [-0.05, 0) is 47.5 Å². The molecular formula is C38H26N6O. The Kier molecular flexibility index (Phi) is 6.35. The van der Waals surface area contributed by atoms with Crippen molar-refractivity contribution >= 4 is 21.9 Å². The number of nitrogens with zero attached hydrogens (tertiary/aromatic N) is 6. The van der Waals surface area contributed by atoms with Gasteiger partial charge in [-0.2, -0.15) is 0 Å². The summed E-state index contributed by atoms with van der Waals surface area (Å²) >= 11 is 0. The van der Waals surface area contributed by atoms with Crippen LogP contribution >= 0.6 is 0 Å². The third-order valence-electron chi connectivity index (χ3n) is 8.10. The van der Waals surface area contributed by atoms with Gasteiger partial charge in [0.1, 0.15) is 0 Å². The van der Waals surface area contributed by atoms with E-state index in [0.29, 0.717) is 17.5 Å². The zero-order chi connectivity index (χ0) is 30.3. The number of fused-ring (bicyclic) bond motifs is 2. The van der Waals surface area contributed by atoms with Gasteiger partial charge < -0.3 is 0 Å². The van der Waals surface area contributed by atoms with Crippen LogP contribution in [-0.4, -0.2) is 29.1 Å². The van der Waals surface area contributed by atoms with Crippen LogP contribution in [0, 0.1) is 0 Å². The van der Waals surface area contributed by atoms with Gasteiger partial charge in [-0.1, -0.05) is 97.1 Å². The molecular weight excluding hydrogens is 556 g/mol. The van der Waals surface area contributed by atoms with Gasteiger partial charge in [0.05, 0.1) is 22.2 Å². The summed E-state index contributed by atoms with van der Waals surface area (Å²) in [7, 11) is 1.81. The summed E-state index contributed by atoms with van der Waals surface area (Å²) in [6, 6.07) is 44.0. The number of aromatic nitrogens is 6. The molecule has 7 heteroatoms. The minimum atomic E-state index is -0.105. The summed E-state index contributed by atoms with van der Waals surface area (Å²) in [5.41, 5.74) is 7.99. The van der Waals surface area contributed by atoms with E-state index >= 15 is 0 Å². The zero-order valence-corrected chi connectivity index (χ0v) is 24.4. The molecule has 0 N–H and O–H groups in total. The van der Waals surface area contributed by atoms with E-state index in [0.717, 1.165) is 55.4 Å². The smallest absolute Gasteiger partial charge is 0.295 e. The molecule has 0 radical (unpaired) electrons. The minimum absolute atomic E-state index is 0.105. The molecule has 0 spiro atoms. The fourth-order valence-corrected chi connectivity index (χ4v) is 5.79. The van der Waals surface area contributed by atoms with E-state index < -0.39 is 0 Å². The Bertz CT molecular complexity index is 2330. The highest BCUT2D eigenvalue weighted by Crippen LogP contribution is 2.30. The molecule has 3 heterocycles. The molecule has 5 aromatic carbocycles. The first-order valence-electron chi connectivity index (χ1n) is 14.7. The summed E-state index contributed by atoms with van der Waals surface area (Å²) in [4.78, 5) is 32.5. The Hall–Kier alpha value is -6.21. The number of aryl methyl sites for hydroxylation is 1. The minimum Gasteiger partial charge on any atom is -0.295 e. The number of hydrogen-bond acceptors (Lipinski definition) is 5. The highest BCUT2D eigenvalue weighted by atomic mass is 16.1. The summed E-state index contributed by atoms with van der Waals surface area (Å²) in [6.07, 6.45) is 1.77. The van der Waals surface area contributed by atoms with Crippen LogP contribution in [0.1, 0.15) is 0 Å². The van der Waals surface area contributed by atoms with E-state index in [4.69, 9.17) is 15.0 Å². The maximum absolute atomic E-state index is 13.5. The zero-order valence-electron chi connectivity index (χ0n) is 24.4. The average molecular weight is 583 g/mol. The standard InChI is InChI=1S/C38H26N6O/c1-43-33-22-21-29(24-34(33)44(38(43)45)32-16-8-15-31-30(32)14-9-23-39-31)25-17-19-28(20-18-25)37-41-35(26-10-4-2-5-11-26)40-36(42-37)27-12-6-3-7-13-27/h2-24H,1H3. The van der Waals surface area contributed by atoms with E-state index in [1.807, 2.05) is 109 Å². The predicted octanol–water partition coefficient (Wildman–Crippen LogP) is 7.73. The molecule has 0 fully saturated rings. The molecule has 0 saturated heterocycles. The van der Waals surface area contributed by atoms with Crippen LogP contribution < -0.4 is 5.69 Å². The third kappa shape index (κ3) is 4.67. The Labute approximate surface area is 258 Å². The fourth-order valence-electron chi connectivity index (χ4n) is 5.79. The van der Waals surface area contributed by atoms with Crippen molar-refractivity contribution in [3.8, 4) is 51.0 Å². The van der Waals surface area contributed by atoms with Gasteiger partial charge in [-0.25, -0.2) is 19.7 Å². The van der Waals surface area contributed by atoms with Crippen molar-refractivity contribution in [2.45, 2.75) is 0 Å². The highest BCUT2D eigenvalue weighted by Gasteiger charge is 2.16. The first-order chi connectivity index (χ1) is 22.1. The number of imidazole rings is 1. The van der Waals surface area contributed by atoms with Crippen LogP contribution in [0.15, 0.2) is 144 Å². The van der Waals surface area contributed by atoms with Gasteiger partial charge >= 0.3 is 5.69 Å². The van der Waals surface area contributed by atoms with Crippen LogP contribution in [0.4, 0.5) is 0 Å². The first-order valence-corrected chi connectivity index (χ1v) is 14.7. The molecule has 3 aromatic heterocycles. The van der Waals surface area contributed by atoms with Crippen LogP contribution in [0.5, 0.6) is 0 Å². The van der Waals surface area contributed by atoms with E-state index in [1.54, 1.807) is 22.4 Å². The summed E-state index contributed by atoms with van der Waals surface area (Å²) in [6.45, 7) is 0. The average Bonchev–Trinajstić information content (AvgIpc) is 3.36. The van der Waals surface area contributed by atoms with Gasteiger partial charge in [0.15, 0.2) is 17.5 Å². The second kappa shape index (κ2) is 10.8. The molecule has 7 nitrogen and oxygen atoms in total. The molecule has 0 amide bonds. The molecule has 8 rings (SSSR count). The second-order valence-electron chi connectivity index (χ2n) is 10.8. The first kappa shape index (κ1) is 26.4. The maximum Gasteiger partial charge on any atom is 0.333 e. The number of rotatable bonds is 5. The maximum atomic E-state index is 13.5. The van der Waals surface area contributed by atoms with Crippen LogP contribution in [-0.2, 0) is 7.05 Å². The Morgan fingerprint density at radius 1 is 0.511 bits per heavy atom. The molecule has 214 valence electrons. The normalized spacial score (nSPS) is 11.3. The van der Waals surface area contributed by atoms with Gasteiger partial charge in [0.25, 0.3) is 0 Å². The summed E-state index contributed by atoms with van der Waals surface area (Å²) in [5, 5.41) is 0.923. The SMILES string of the molecule is Cn1c(=O)n(-c2cccc3ncccc23)c2cc(-c3ccc(-c4nc(-c5ccccc5)nc(-c5ccccc5)n4)cc3)ccc21. The lowest BCUT2D eigenvalue weighted by Crippen LogP contribution is -2.21. The van der Waals surface area contributed by atoms with Crippen LogP contribution in [0.2, 0.25) is 0 Å². The Morgan fingerprint density at radius 3 is 1.73 bits per heavy atom. The van der Waals surface area contributed by atoms with Crippen molar-refractivity contribution in [3.63, 3.8) is 0 Å². The molecule has 0 aliphatic heterocycles. The number of pyridine rings is 1. The third-order valence-corrected chi connectivity index (χ3v) is 8.10. The fraction of sp³-hybridized carbons (Fsp3) is 0.0263. The van der Waals surface area contributed by atoms with Crippen LogP contribution in [0.3, 0.4) is 0 Å². The molecule has 8 aromatic rings. The quantitative estimate of drug-likeness (QED) is 0.208. The van der Waals surface area contributed by atoms with E-state index in [2.05, 4.69) is 29.2 Å². The van der Waals surface area contributed by atoms with E-state index in [1.165, 1.54) is 0 Å².